The van der Waals surface area contributed by atoms with Crippen LogP contribution in [0.2, 0.25) is 0 Å². The Morgan fingerprint density at radius 2 is 1.68 bits per heavy atom. The predicted octanol–water partition coefficient (Wildman–Crippen LogP) is 4.73. The number of aliphatic hydroxyl groups is 1. The molecule has 3 amide bonds. The molecule has 50 heavy (non-hydrogen) atoms. The predicted molar refractivity (Wildman–Crippen MR) is 186 cm³/mol. The topological polar surface area (TPSA) is 168 Å². The molecule has 5 N–H and O–H groups in total. The Kier molecular flexibility index (Phi) is 12.1. The Hall–Kier alpha value is -4.52. The summed E-state index contributed by atoms with van der Waals surface area (Å²) in [5, 5.41) is 30.4. The Morgan fingerprint density at radius 3 is 2.32 bits per heavy atom. The zero-order valence-electron chi connectivity index (χ0n) is 29.0. The molecule has 0 aliphatic carbocycles. The van der Waals surface area contributed by atoms with Crippen LogP contribution in [0.1, 0.15) is 50.7 Å². The lowest BCUT2D eigenvalue weighted by Crippen LogP contribution is -2.59. The summed E-state index contributed by atoms with van der Waals surface area (Å²) in [5.41, 5.74) is 2.73. The lowest BCUT2D eigenvalue weighted by Gasteiger charge is -2.40. The number of fused-ring (bicyclic) bond motifs is 1. The molecule has 2 aromatic carbocycles. The first-order valence-electron chi connectivity index (χ1n) is 17.1. The van der Waals surface area contributed by atoms with Crippen LogP contribution < -0.4 is 16.0 Å². The number of aliphatic hydroxyl groups excluding tert-OH is 1. The molecule has 3 heterocycles. The van der Waals surface area contributed by atoms with Crippen molar-refractivity contribution in [1.29, 1.82) is 0 Å². The third-order valence-corrected chi connectivity index (χ3v) is 9.67. The summed E-state index contributed by atoms with van der Waals surface area (Å²) in [6, 6.07) is 20.4. The van der Waals surface area contributed by atoms with Crippen molar-refractivity contribution in [3.63, 3.8) is 0 Å². The van der Waals surface area contributed by atoms with Crippen LogP contribution >= 0.6 is 0 Å². The molecule has 1 aromatic heterocycles. The number of ether oxygens (including phenoxy) is 3. The maximum Gasteiger partial charge on any atom is 0.407 e. The zero-order valence-corrected chi connectivity index (χ0v) is 29.0. The number of carbonyl (C=O) groups is 3. The molecule has 0 radical (unpaired) electrons. The van der Waals surface area contributed by atoms with Gasteiger partial charge in [-0.05, 0) is 53.9 Å². The van der Waals surface area contributed by atoms with E-state index in [-0.39, 0.29) is 18.3 Å². The highest BCUT2D eigenvalue weighted by atomic mass is 16.7. The van der Waals surface area contributed by atoms with Gasteiger partial charge in [0.15, 0.2) is 6.29 Å². The van der Waals surface area contributed by atoms with E-state index in [1.165, 1.54) is 7.11 Å². The third-order valence-electron chi connectivity index (χ3n) is 9.67. The first-order chi connectivity index (χ1) is 23.9. The smallest absolute Gasteiger partial charge is 0.407 e. The summed E-state index contributed by atoms with van der Waals surface area (Å²) < 4.78 is 16.8. The first-order valence-corrected chi connectivity index (χ1v) is 17.1. The molecule has 2 saturated heterocycles. The lowest BCUT2D eigenvalue weighted by atomic mass is 9.72. The summed E-state index contributed by atoms with van der Waals surface area (Å²) in [5.74, 6) is -1.15. The van der Waals surface area contributed by atoms with E-state index in [1.807, 2.05) is 93.6 Å². The van der Waals surface area contributed by atoms with Gasteiger partial charge in [0, 0.05) is 29.6 Å². The van der Waals surface area contributed by atoms with E-state index < -0.39 is 59.9 Å². The van der Waals surface area contributed by atoms with Gasteiger partial charge in [0.05, 0.1) is 38.2 Å². The van der Waals surface area contributed by atoms with Gasteiger partial charge >= 0.3 is 12.2 Å². The van der Waals surface area contributed by atoms with Gasteiger partial charge in [-0.25, -0.2) is 9.59 Å². The van der Waals surface area contributed by atoms with Gasteiger partial charge in [-0.2, -0.15) is 0 Å². The highest BCUT2D eigenvalue weighted by molar-refractivity contribution is 5.86. The molecule has 8 atom stereocenters. The number of amides is 3. The number of hydrogen-bond donors (Lipinski definition) is 5. The van der Waals surface area contributed by atoms with Crippen LogP contribution in [0.15, 0.2) is 79.0 Å². The molecule has 0 spiro atoms. The molecule has 5 rings (SSSR count). The molecule has 1 unspecified atom stereocenters. The molecule has 268 valence electrons. The average molecular weight is 689 g/mol. The van der Waals surface area contributed by atoms with Crippen LogP contribution in [0.25, 0.3) is 11.3 Å². The van der Waals surface area contributed by atoms with Crippen molar-refractivity contribution in [2.45, 2.75) is 76.5 Å². The molecule has 2 aliphatic rings. The number of rotatable bonds is 13. The van der Waals surface area contributed by atoms with Crippen molar-refractivity contribution in [3.05, 3.63) is 90.1 Å². The molecular weight excluding hydrogens is 640 g/mol. The normalized spacial score (nSPS) is 21.6. The Balaban J connectivity index is 1.56. The second-order valence-corrected chi connectivity index (χ2v) is 14.2. The van der Waals surface area contributed by atoms with Gasteiger partial charge in [-0.15, -0.1) is 0 Å². The zero-order chi connectivity index (χ0) is 35.8. The van der Waals surface area contributed by atoms with E-state index in [0.29, 0.717) is 19.6 Å². The minimum atomic E-state index is -1.22. The minimum Gasteiger partial charge on any atom is -0.465 e. The molecular formula is C38H48N4O8. The Morgan fingerprint density at radius 1 is 0.960 bits per heavy atom. The quantitative estimate of drug-likeness (QED) is 0.171. The highest BCUT2D eigenvalue weighted by Crippen LogP contribution is 2.45. The van der Waals surface area contributed by atoms with E-state index in [0.717, 1.165) is 28.8 Å². The van der Waals surface area contributed by atoms with Gasteiger partial charge in [0.2, 0.25) is 5.91 Å². The Bertz CT molecular complexity index is 1570. The van der Waals surface area contributed by atoms with Gasteiger partial charge in [-0.3, -0.25) is 9.78 Å². The number of methoxy groups -OCH3 is 1. The SMILES string of the molecule is COC(=O)N[C@H](C(=O)N[C@@H](C(c1ccc(-c2ccccn2)cc1)[C@H]1CO[C@@H]2OCC[C@@H]21)[C@@H](O)C[C@H](Cc1ccccc1)NC(=O)O)C(C)(C)C. The highest BCUT2D eigenvalue weighted by Gasteiger charge is 2.49. The fourth-order valence-electron chi connectivity index (χ4n) is 7.23. The third kappa shape index (κ3) is 9.17. The maximum atomic E-state index is 14.3. The maximum absolute atomic E-state index is 14.3. The molecule has 0 saturated carbocycles. The molecule has 3 aromatic rings. The number of aromatic nitrogens is 1. The van der Waals surface area contributed by atoms with E-state index in [9.17, 15) is 24.6 Å². The van der Waals surface area contributed by atoms with Crippen molar-refractivity contribution in [1.82, 2.24) is 20.9 Å². The standard InChI is InChI=1S/C38H48N4O8/c1-38(2,3)33(42-37(47)48-4)34(44)41-32(30(43)21-26(40-36(45)46)20-23-10-6-5-7-11-23)31(28-22-50-35-27(28)17-19-49-35)25-15-13-24(14-16-25)29-12-8-9-18-39-29/h5-16,18,26-28,30-33,35,40,43H,17,19-22H2,1-4H3,(H,41,44)(H,42,47)(H,45,46)/t26-,27+,28-,30-,31?,32+,33+,35-/m0/s1. The van der Waals surface area contributed by atoms with E-state index >= 15 is 0 Å². The summed E-state index contributed by atoms with van der Waals surface area (Å²) in [4.78, 5) is 43.1. The van der Waals surface area contributed by atoms with Crippen LogP contribution in [-0.4, -0.2) is 84.1 Å². The number of alkyl carbamates (subject to hydrolysis) is 1. The number of nitrogens with zero attached hydrogens (tertiary/aromatic N) is 1. The van der Waals surface area contributed by atoms with Crippen molar-refractivity contribution in [2.75, 3.05) is 20.3 Å². The second-order valence-electron chi connectivity index (χ2n) is 14.2. The molecule has 12 nitrogen and oxygen atoms in total. The van der Waals surface area contributed by atoms with E-state index in [1.54, 1.807) is 6.20 Å². The lowest BCUT2D eigenvalue weighted by molar-refractivity contribution is -0.127. The second kappa shape index (κ2) is 16.5. The van der Waals surface area contributed by atoms with Crippen molar-refractivity contribution >= 4 is 18.1 Å². The van der Waals surface area contributed by atoms with Crippen LogP contribution in [0.5, 0.6) is 0 Å². The fourth-order valence-corrected chi connectivity index (χ4v) is 7.23. The summed E-state index contributed by atoms with van der Waals surface area (Å²) >= 11 is 0. The number of pyridine rings is 1. The van der Waals surface area contributed by atoms with Gasteiger partial charge < -0.3 is 40.4 Å². The minimum absolute atomic E-state index is 0.00253. The summed E-state index contributed by atoms with van der Waals surface area (Å²) in [6.45, 7) is 6.35. The largest absolute Gasteiger partial charge is 0.465 e. The number of nitrogens with one attached hydrogen (secondary N) is 3. The van der Waals surface area contributed by atoms with Gasteiger partial charge in [0.1, 0.15) is 6.04 Å². The molecule has 2 aliphatic heterocycles. The van der Waals surface area contributed by atoms with Gasteiger partial charge in [-0.1, -0.05) is 81.4 Å². The van der Waals surface area contributed by atoms with E-state index in [2.05, 4.69) is 20.9 Å². The van der Waals surface area contributed by atoms with Crippen LogP contribution in [-0.2, 0) is 25.4 Å². The van der Waals surface area contributed by atoms with Crippen LogP contribution in [0.4, 0.5) is 9.59 Å². The van der Waals surface area contributed by atoms with Crippen molar-refractivity contribution in [2.24, 2.45) is 17.3 Å². The van der Waals surface area contributed by atoms with Gasteiger partial charge in [0.25, 0.3) is 0 Å². The van der Waals surface area contributed by atoms with E-state index in [4.69, 9.17) is 14.2 Å². The monoisotopic (exact) mass is 688 g/mol. The van der Waals surface area contributed by atoms with Crippen LogP contribution in [0, 0.1) is 17.3 Å². The number of carbonyl (C=O) groups excluding carboxylic acids is 2. The Labute approximate surface area is 292 Å². The molecule has 0 bridgehead atoms. The van der Waals surface area contributed by atoms with Crippen LogP contribution in [0.3, 0.4) is 0 Å². The number of carboxylic acid groups (broad SMARTS) is 1. The summed E-state index contributed by atoms with van der Waals surface area (Å²) in [7, 11) is 1.23. The summed E-state index contributed by atoms with van der Waals surface area (Å²) in [6.07, 6.45) is -0.791. The molecule has 12 heteroatoms. The first kappa shape index (κ1) is 36.8. The number of benzene rings is 2. The van der Waals surface area contributed by atoms with Crippen molar-refractivity contribution < 1.29 is 38.8 Å². The number of hydrogen-bond acceptors (Lipinski definition) is 8. The molecule has 2 fully saturated rings. The fraction of sp³-hybridized carbons (Fsp3) is 0.474. The average Bonchev–Trinajstić information content (AvgIpc) is 3.72. The van der Waals surface area contributed by atoms with Crippen molar-refractivity contribution in [3.8, 4) is 11.3 Å².